The van der Waals surface area contributed by atoms with Gasteiger partial charge in [-0.1, -0.05) is 6.07 Å². The Hall–Kier alpha value is -1.79. The van der Waals surface area contributed by atoms with Crippen molar-refractivity contribution in [1.29, 1.82) is 0 Å². The summed E-state index contributed by atoms with van der Waals surface area (Å²) in [7, 11) is 3.73. The zero-order valence-electron chi connectivity index (χ0n) is 11.6. The van der Waals surface area contributed by atoms with Crippen molar-refractivity contribution in [3.05, 3.63) is 36.0 Å². The number of aryl methyl sites for hydroxylation is 1. The van der Waals surface area contributed by atoms with Crippen LogP contribution in [0.5, 0.6) is 0 Å². The number of ether oxygens (including phenoxy) is 1. The highest BCUT2D eigenvalue weighted by Crippen LogP contribution is 2.08. The average molecular weight is 261 g/mol. The molecule has 0 aliphatic rings. The van der Waals surface area contributed by atoms with Gasteiger partial charge in [0.25, 0.3) is 0 Å². The van der Waals surface area contributed by atoms with Gasteiger partial charge in [0.2, 0.25) is 0 Å². The van der Waals surface area contributed by atoms with Gasteiger partial charge in [-0.05, 0) is 26.1 Å². The summed E-state index contributed by atoms with van der Waals surface area (Å²) < 4.78 is 6.84. The van der Waals surface area contributed by atoms with Crippen LogP contribution in [0.1, 0.15) is 11.5 Å². The first-order valence-electron chi connectivity index (χ1n) is 6.21. The van der Waals surface area contributed by atoms with E-state index in [1.54, 1.807) is 18.1 Å². The summed E-state index contributed by atoms with van der Waals surface area (Å²) in [6, 6.07) is 5.86. The first-order valence-corrected chi connectivity index (χ1v) is 6.21. The van der Waals surface area contributed by atoms with Crippen molar-refractivity contribution in [3.8, 4) is 5.82 Å². The van der Waals surface area contributed by atoms with Crippen LogP contribution < -0.4 is 0 Å². The van der Waals surface area contributed by atoms with Gasteiger partial charge in [-0.25, -0.2) is 9.97 Å². The fourth-order valence-electron chi connectivity index (χ4n) is 1.78. The number of rotatable bonds is 6. The smallest absolute Gasteiger partial charge is 0.155 e. The lowest BCUT2D eigenvalue weighted by Crippen LogP contribution is -2.24. The predicted molar refractivity (Wildman–Crippen MR) is 72.1 cm³/mol. The molecular formula is C13H19N5O. The molecule has 0 radical (unpaired) electrons. The molecule has 6 heteroatoms. The SMILES string of the molecule is COCCN(C)Cc1ncnn1-c1cccc(C)n1. The molecule has 102 valence electrons. The molecule has 6 nitrogen and oxygen atoms in total. The molecule has 0 unspecified atom stereocenters. The summed E-state index contributed by atoms with van der Waals surface area (Å²) in [5.74, 6) is 1.67. The third-order valence-corrected chi connectivity index (χ3v) is 2.80. The third-order valence-electron chi connectivity index (χ3n) is 2.80. The van der Waals surface area contributed by atoms with Crippen LogP contribution in [0.4, 0.5) is 0 Å². The van der Waals surface area contributed by atoms with Gasteiger partial charge in [0.05, 0.1) is 13.2 Å². The summed E-state index contributed by atoms with van der Waals surface area (Å²) in [4.78, 5) is 10.9. The van der Waals surface area contributed by atoms with Crippen molar-refractivity contribution in [2.24, 2.45) is 0 Å². The quantitative estimate of drug-likeness (QED) is 0.778. The molecule has 0 N–H and O–H groups in total. The minimum absolute atomic E-state index is 0.702. The molecule has 2 aromatic rings. The highest BCUT2D eigenvalue weighted by molar-refractivity contribution is 5.24. The van der Waals surface area contributed by atoms with Crippen LogP contribution in [0.3, 0.4) is 0 Å². The van der Waals surface area contributed by atoms with Crippen LogP contribution >= 0.6 is 0 Å². The molecule has 19 heavy (non-hydrogen) atoms. The summed E-state index contributed by atoms with van der Waals surface area (Å²) in [6.07, 6.45) is 1.56. The van der Waals surface area contributed by atoms with E-state index in [0.717, 1.165) is 23.9 Å². The zero-order chi connectivity index (χ0) is 13.7. The molecule has 0 aromatic carbocycles. The van der Waals surface area contributed by atoms with Gasteiger partial charge in [0.1, 0.15) is 12.2 Å². The number of nitrogens with zero attached hydrogens (tertiary/aromatic N) is 5. The molecule has 0 saturated carbocycles. The van der Waals surface area contributed by atoms with Crippen LogP contribution in [0.15, 0.2) is 24.5 Å². The van der Waals surface area contributed by atoms with Gasteiger partial charge >= 0.3 is 0 Å². The van der Waals surface area contributed by atoms with E-state index >= 15 is 0 Å². The standard InChI is InChI=1S/C13H19N5O/c1-11-5-4-6-12(16-11)18-13(14-10-15-18)9-17(2)7-8-19-3/h4-6,10H,7-9H2,1-3H3. The van der Waals surface area contributed by atoms with Crippen LogP contribution in [0.25, 0.3) is 5.82 Å². The maximum Gasteiger partial charge on any atom is 0.155 e. The molecule has 0 spiro atoms. The molecule has 2 heterocycles. The number of pyridine rings is 1. The number of methoxy groups -OCH3 is 1. The lowest BCUT2D eigenvalue weighted by atomic mass is 10.4. The second-order valence-corrected chi connectivity index (χ2v) is 4.46. The van der Waals surface area contributed by atoms with Crippen LogP contribution in [0.2, 0.25) is 0 Å². The fourth-order valence-corrected chi connectivity index (χ4v) is 1.78. The Morgan fingerprint density at radius 2 is 2.21 bits per heavy atom. The molecule has 0 aliphatic carbocycles. The maximum absolute atomic E-state index is 5.07. The fraction of sp³-hybridized carbons (Fsp3) is 0.462. The minimum Gasteiger partial charge on any atom is -0.383 e. The average Bonchev–Trinajstić information content (AvgIpc) is 2.84. The Morgan fingerprint density at radius 3 is 2.95 bits per heavy atom. The molecular weight excluding hydrogens is 242 g/mol. The van der Waals surface area contributed by atoms with Crippen molar-refractivity contribution < 1.29 is 4.74 Å². The van der Waals surface area contributed by atoms with Crippen molar-refractivity contribution in [1.82, 2.24) is 24.6 Å². The van der Waals surface area contributed by atoms with E-state index in [-0.39, 0.29) is 0 Å². The summed E-state index contributed by atoms with van der Waals surface area (Å²) in [6.45, 7) is 4.22. The highest BCUT2D eigenvalue weighted by atomic mass is 16.5. The van der Waals surface area contributed by atoms with Gasteiger partial charge in [0.15, 0.2) is 5.82 Å². The topological polar surface area (TPSA) is 56.1 Å². The third kappa shape index (κ3) is 3.59. The Morgan fingerprint density at radius 1 is 1.37 bits per heavy atom. The molecule has 0 amide bonds. The number of hydrogen-bond acceptors (Lipinski definition) is 5. The predicted octanol–water partition coefficient (Wildman–Crippen LogP) is 1.05. The van der Waals surface area contributed by atoms with E-state index in [4.69, 9.17) is 4.74 Å². The molecule has 0 bridgehead atoms. The van der Waals surface area contributed by atoms with Gasteiger partial charge < -0.3 is 4.74 Å². The van der Waals surface area contributed by atoms with Crippen molar-refractivity contribution >= 4 is 0 Å². The lowest BCUT2D eigenvalue weighted by molar-refractivity contribution is 0.157. The van der Waals surface area contributed by atoms with E-state index in [1.807, 2.05) is 32.2 Å². The largest absolute Gasteiger partial charge is 0.383 e. The van der Waals surface area contributed by atoms with Crippen molar-refractivity contribution in [2.75, 3.05) is 27.3 Å². The monoisotopic (exact) mass is 261 g/mol. The zero-order valence-corrected chi connectivity index (χ0v) is 11.6. The maximum atomic E-state index is 5.07. The second kappa shape index (κ2) is 6.40. The minimum atomic E-state index is 0.702. The summed E-state index contributed by atoms with van der Waals surface area (Å²) in [5, 5.41) is 4.25. The van der Waals surface area contributed by atoms with Crippen LogP contribution in [-0.2, 0) is 11.3 Å². The Labute approximate surface area is 113 Å². The van der Waals surface area contributed by atoms with Crippen molar-refractivity contribution in [2.45, 2.75) is 13.5 Å². The molecule has 0 saturated heterocycles. The molecule has 0 aliphatic heterocycles. The number of aromatic nitrogens is 4. The first-order chi connectivity index (χ1) is 9.20. The highest BCUT2D eigenvalue weighted by Gasteiger charge is 2.10. The van der Waals surface area contributed by atoms with E-state index in [0.29, 0.717) is 13.2 Å². The molecule has 0 fully saturated rings. The Kier molecular flexibility index (Phi) is 4.59. The first kappa shape index (κ1) is 13.6. The van der Waals surface area contributed by atoms with Gasteiger partial charge in [-0.3, -0.25) is 4.90 Å². The summed E-state index contributed by atoms with van der Waals surface area (Å²) in [5.41, 5.74) is 0.965. The van der Waals surface area contributed by atoms with Crippen LogP contribution in [0, 0.1) is 6.92 Å². The number of hydrogen-bond donors (Lipinski definition) is 0. The second-order valence-electron chi connectivity index (χ2n) is 4.46. The summed E-state index contributed by atoms with van der Waals surface area (Å²) >= 11 is 0. The van der Waals surface area contributed by atoms with E-state index in [1.165, 1.54) is 0 Å². The molecule has 2 aromatic heterocycles. The van der Waals surface area contributed by atoms with Gasteiger partial charge in [-0.2, -0.15) is 9.78 Å². The van der Waals surface area contributed by atoms with Crippen LogP contribution in [-0.4, -0.2) is 52.0 Å². The lowest BCUT2D eigenvalue weighted by Gasteiger charge is -2.15. The Bertz CT molecular complexity index is 525. The van der Waals surface area contributed by atoms with Gasteiger partial charge in [-0.15, -0.1) is 0 Å². The Balaban J connectivity index is 2.13. The normalized spacial score (nSPS) is 11.2. The van der Waals surface area contributed by atoms with Crippen molar-refractivity contribution in [3.63, 3.8) is 0 Å². The van der Waals surface area contributed by atoms with E-state index < -0.39 is 0 Å². The number of likely N-dealkylation sites (N-methyl/N-ethyl adjacent to an activating group) is 1. The van der Waals surface area contributed by atoms with E-state index in [9.17, 15) is 0 Å². The molecule has 0 atom stereocenters. The van der Waals surface area contributed by atoms with E-state index in [2.05, 4.69) is 20.0 Å². The van der Waals surface area contributed by atoms with Gasteiger partial charge in [0, 0.05) is 19.3 Å². The molecule has 2 rings (SSSR count).